The molecule has 3 rings (SSSR count). The molecule has 0 bridgehead atoms. The van der Waals surface area contributed by atoms with Crippen LogP contribution < -0.4 is 16.6 Å². The third-order valence-corrected chi connectivity index (χ3v) is 4.73. The van der Waals surface area contributed by atoms with Gasteiger partial charge in [-0.2, -0.15) is 13.2 Å². The lowest BCUT2D eigenvalue weighted by atomic mass is 10.1. The lowest BCUT2D eigenvalue weighted by Crippen LogP contribution is -2.42. The Bertz CT molecular complexity index is 1380. The van der Waals surface area contributed by atoms with Crippen molar-refractivity contribution in [2.75, 3.05) is 11.9 Å². The number of rotatable bonds is 5. The number of nitrogens with zero attached hydrogens (tertiary/aromatic N) is 3. The first kappa shape index (κ1) is 23.7. The Labute approximate surface area is 184 Å². The molecule has 9 nitrogen and oxygen atoms in total. The number of carbonyl (C=O) groups is 2. The van der Waals surface area contributed by atoms with E-state index in [1.54, 1.807) is 13.8 Å². The molecular weight excluding hydrogens is 445 g/mol. The summed E-state index contributed by atoms with van der Waals surface area (Å²) < 4.78 is 46.0. The normalized spacial score (nSPS) is 11.5. The third-order valence-electron chi connectivity index (χ3n) is 4.73. The standard InChI is InChI=1S/C21H19F3N4O5/c1-4-33-19(31)12-9-11(2)25-17-16(12)18(30)28(20(32)27(17)3)10-15(29)26-14-8-6-5-7-13(14)21(22,23)24/h5-9H,4,10H2,1-3H3,(H,26,29). The van der Waals surface area contributed by atoms with E-state index in [1.165, 1.54) is 19.2 Å². The molecule has 0 aliphatic carbocycles. The fourth-order valence-corrected chi connectivity index (χ4v) is 3.29. The van der Waals surface area contributed by atoms with Crippen molar-refractivity contribution in [3.63, 3.8) is 0 Å². The number of nitrogens with one attached hydrogen (secondary N) is 1. The van der Waals surface area contributed by atoms with Gasteiger partial charge in [0.05, 0.1) is 28.8 Å². The Morgan fingerprint density at radius 1 is 1.18 bits per heavy atom. The quantitative estimate of drug-likeness (QED) is 0.580. The highest BCUT2D eigenvalue weighted by atomic mass is 19.4. The SMILES string of the molecule is CCOC(=O)c1cc(C)nc2c1c(=O)n(CC(=O)Nc1ccccc1C(F)(F)F)c(=O)n2C. The Balaban J connectivity index is 2.10. The highest BCUT2D eigenvalue weighted by molar-refractivity contribution is 6.02. The molecule has 0 aliphatic rings. The van der Waals surface area contributed by atoms with Crippen LogP contribution in [0.5, 0.6) is 0 Å². The first-order chi connectivity index (χ1) is 15.5. The monoisotopic (exact) mass is 464 g/mol. The summed E-state index contributed by atoms with van der Waals surface area (Å²) in [5.74, 6) is -1.86. The second-order valence-corrected chi connectivity index (χ2v) is 7.05. The van der Waals surface area contributed by atoms with Crippen LogP contribution in [-0.4, -0.2) is 32.6 Å². The number of aromatic nitrogens is 3. The van der Waals surface area contributed by atoms with E-state index in [9.17, 15) is 32.3 Å². The van der Waals surface area contributed by atoms with Crippen molar-refractivity contribution >= 4 is 28.6 Å². The first-order valence-electron chi connectivity index (χ1n) is 9.70. The van der Waals surface area contributed by atoms with Crippen molar-refractivity contribution in [3.05, 3.63) is 68.0 Å². The van der Waals surface area contributed by atoms with Gasteiger partial charge < -0.3 is 10.1 Å². The van der Waals surface area contributed by atoms with Crippen molar-refractivity contribution in [1.29, 1.82) is 0 Å². The first-order valence-corrected chi connectivity index (χ1v) is 9.70. The summed E-state index contributed by atoms with van der Waals surface area (Å²) in [6.07, 6.45) is -4.72. The molecule has 1 amide bonds. The van der Waals surface area contributed by atoms with Crippen LogP contribution in [0.15, 0.2) is 39.9 Å². The molecule has 12 heteroatoms. The largest absolute Gasteiger partial charge is 0.462 e. The minimum Gasteiger partial charge on any atom is -0.462 e. The maximum atomic E-state index is 13.2. The van der Waals surface area contributed by atoms with Crippen LogP contribution in [0.3, 0.4) is 0 Å². The van der Waals surface area contributed by atoms with Crippen molar-refractivity contribution in [1.82, 2.24) is 14.1 Å². The van der Waals surface area contributed by atoms with Gasteiger partial charge in [0.15, 0.2) is 0 Å². The Morgan fingerprint density at radius 3 is 2.48 bits per heavy atom. The molecule has 33 heavy (non-hydrogen) atoms. The highest BCUT2D eigenvalue weighted by Crippen LogP contribution is 2.34. The van der Waals surface area contributed by atoms with Crippen LogP contribution in [-0.2, 0) is 29.3 Å². The van der Waals surface area contributed by atoms with Gasteiger partial charge in [-0.15, -0.1) is 0 Å². The van der Waals surface area contributed by atoms with E-state index in [-0.39, 0.29) is 23.2 Å². The molecule has 3 aromatic rings. The number of pyridine rings is 1. The molecule has 0 saturated carbocycles. The molecule has 0 fully saturated rings. The zero-order valence-corrected chi connectivity index (χ0v) is 17.8. The fourth-order valence-electron chi connectivity index (χ4n) is 3.29. The third kappa shape index (κ3) is 4.64. The van der Waals surface area contributed by atoms with Crippen LogP contribution in [0, 0.1) is 6.92 Å². The minimum atomic E-state index is -4.72. The molecule has 2 aromatic heterocycles. The Morgan fingerprint density at radius 2 is 1.85 bits per heavy atom. The van der Waals surface area contributed by atoms with Crippen molar-refractivity contribution in [3.8, 4) is 0 Å². The molecule has 174 valence electrons. The summed E-state index contributed by atoms with van der Waals surface area (Å²) in [5.41, 5.74) is -3.42. The number of fused-ring (bicyclic) bond motifs is 1. The lowest BCUT2D eigenvalue weighted by Gasteiger charge is -2.15. The molecule has 0 saturated heterocycles. The van der Waals surface area contributed by atoms with Gasteiger partial charge in [0.25, 0.3) is 5.56 Å². The van der Waals surface area contributed by atoms with Crippen LogP contribution in [0.4, 0.5) is 18.9 Å². The van der Waals surface area contributed by atoms with Crippen LogP contribution in [0.2, 0.25) is 0 Å². The maximum Gasteiger partial charge on any atom is 0.418 e. The fraction of sp³-hybridized carbons (Fsp3) is 0.286. The van der Waals surface area contributed by atoms with Gasteiger partial charge in [-0.05, 0) is 32.0 Å². The summed E-state index contributed by atoms with van der Waals surface area (Å²) in [6.45, 7) is 2.28. The van der Waals surface area contributed by atoms with E-state index < -0.39 is 47.1 Å². The van der Waals surface area contributed by atoms with Crippen molar-refractivity contribution in [2.45, 2.75) is 26.6 Å². The predicted molar refractivity (Wildman–Crippen MR) is 112 cm³/mol. The number of benzene rings is 1. The van der Waals surface area contributed by atoms with Gasteiger partial charge >= 0.3 is 17.8 Å². The number of aryl methyl sites for hydroxylation is 2. The Kier molecular flexibility index (Phi) is 6.38. The van der Waals surface area contributed by atoms with Crippen LogP contribution in [0.1, 0.15) is 28.5 Å². The minimum absolute atomic E-state index is 0.0304. The van der Waals surface area contributed by atoms with Crippen molar-refractivity contribution < 1.29 is 27.5 Å². The zero-order valence-electron chi connectivity index (χ0n) is 17.8. The number of anilines is 1. The number of para-hydroxylation sites is 1. The molecular formula is C21H19F3N4O5. The topological polar surface area (TPSA) is 112 Å². The molecule has 0 spiro atoms. The number of esters is 1. The number of carbonyl (C=O) groups excluding carboxylic acids is 2. The molecule has 1 N–H and O–H groups in total. The molecule has 0 aliphatic heterocycles. The molecule has 2 heterocycles. The van der Waals surface area contributed by atoms with Gasteiger partial charge in [-0.25, -0.2) is 14.6 Å². The second-order valence-electron chi connectivity index (χ2n) is 7.05. The Hall–Kier alpha value is -3.96. The average molecular weight is 464 g/mol. The lowest BCUT2D eigenvalue weighted by molar-refractivity contribution is -0.137. The summed E-state index contributed by atoms with van der Waals surface area (Å²) in [7, 11) is 1.29. The van der Waals surface area contributed by atoms with Gasteiger partial charge in [-0.3, -0.25) is 18.7 Å². The van der Waals surface area contributed by atoms with E-state index in [4.69, 9.17) is 4.74 Å². The summed E-state index contributed by atoms with van der Waals surface area (Å²) in [5, 5.41) is 1.83. The summed E-state index contributed by atoms with van der Waals surface area (Å²) >= 11 is 0. The molecule has 0 unspecified atom stereocenters. The van der Waals surface area contributed by atoms with E-state index in [0.717, 1.165) is 22.8 Å². The molecule has 0 radical (unpaired) electrons. The number of alkyl halides is 3. The van der Waals surface area contributed by atoms with Crippen molar-refractivity contribution in [2.24, 2.45) is 7.05 Å². The second kappa shape index (κ2) is 8.88. The number of hydrogen-bond acceptors (Lipinski definition) is 6. The predicted octanol–water partition coefficient (Wildman–Crippen LogP) is 2.24. The average Bonchev–Trinajstić information content (AvgIpc) is 2.74. The summed E-state index contributed by atoms with van der Waals surface area (Å²) in [6, 6.07) is 5.61. The zero-order chi connectivity index (χ0) is 24.5. The van der Waals surface area contributed by atoms with Gasteiger partial charge in [0.1, 0.15) is 12.2 Å². The van der Waals surface area contributed by atoms with E-state index in [1.807, 2.05) is 0 Å². The highest BCUT2D eigenvalue weighted by Gasteiger charge is 2.33. The number of amides is 1. The van der Waals surface area contributed by atoms with Crippen LogP contribution in [0.25, 0.3) is 11.0 Å². The smallest absolute Gasteiger partial charge is 0.418 e. The van der Waals surface area contributed by atoms with Gasteiger partial charge in [-0.1, -0.05) is 12.1 Å². The number of halogens is 3. The number of hydrogen-bond donors (Lipinski definition) is 1. The van der Waals surface area contributed by atoms with E-state index >= 15 is 0 Å². The molecule has 1 aromatic carbocycles. The van der Waals surface area contributed by atoms with Gasteiger partial charge in [0.2, 0.25) is 5.91 Å². The van der Waals surface area contributed by atoms with Crippen LogP contribution >= 0.6 is 0 Å². The molecule has 0 atom stereocenters. The van der Waals surface area contributed by atoms with Gasteiger partial charge in [0, 0.05) is 12.7 Å². The summed E-state index contributed by atoms with van der Waals surface area (Å²) in [4.78, 5) is 54.9. The maximum absolute atomic E-state index is 13.2. The number of ether oxygens (including phenoxy) is 1. The van der Waals surface area contributed by atoms with E-state index in [2.05, 4.69) is 10.3 Å². The van der Waals surface area contributed by atoms with E-state index in [0.29, 0.717) is 10.3 Å².